The smallest absolute Gasteiger partial charge is 0.0231 e. The predicted octanol–water partition coefficient (Wildman–Crippen LogP) is 3.03. The number of benzene rings is 1. The third-order valence-corrected chi connectivity index (χ3v) is 1.53. The number of aryl methyl sites for hydroxylation is 1. The molecule has 0 amide bonds. The van der Waals surface area contributed by atoms with Gasteiger partial charge < -0.3 is 0 Å². The van der Waals surface area contributed by atoms with Gasteiger partial charge in [-0.2, -0.15) is 0 Å². The molecule has 0 unspecified atom stereocenters. The van der Waals surface area contributed by atoms with Crippen molar-refractivity contribution in [3.8, 4) is 0 Å². The molecule has 0 heteroatoms. The van der Waals surface area contributed by atoms with E-state index in [-0.39, 0.29) is 0 Å². The standard InChI is InChI=1S/C10H12/c1-3-6-10-8-5-4-7-9(10)2/h3-8H,1-2H3. The van der Waals surface area contributed by atoms with Crippen LogP contribution in [0.2, 0.25) is 0 Å². The van der Waals surface area contributed by atoms with Crippen LogP contribution < -0.4 is 0 Å². The maximum atomic E-state index is 2.12. The lowest BCUT2D eigenvalue weighted by Crippen LogP contribution is -1.76. The Kier molecular flexibility index (Phi) is 2.27. The molecule has 0 atom stereocenters. The molecule has 1 rings (SSSR count). The van der Waals surface area contributed by atoms with Crippen molar-refractivity contribution in [3.63, 3.8) is 0 Å². The van der Waals surface area contributed by atoms with Gasteiger partial charge in [0.05, 0.1) is 0 Å². The fourth-order valence-electron chi connectivity index (χ4n) is 0.953. The molecule has 0 saturated carbocycles. The fraction of sp³-hybridized carbons (Fsp3) is 0.200. The monoisotopic (exact) mass is 132 g/mol. The SMILES string of the molecule is CC=Cc1ccccc1C. The molecule has 0 saturated heterocycles. The summed E-state index contributed by atoms with van der Waals surface area (Å²) >= 11 is 0. The Morgan fingerprint density at radius 3 is 2.50 bits per heavy atom. The fourth-order valence-corrected chi connectivity index (χ4v) is 0.953. The third-order valence-electron chi connectivity index (χ3n) is 1.53. The lowest BCUT2D eigenvalue weighted by Gasteiger charge is -1.96. The number of rotatable bonds is 1. The van der Waals surface area contributed by atoms with E-state index in [0.29, 0.717) is 0 Å². The van der Waals surface area contributed by atoms with Crippen molar-refractivity contribution in [3.05, 3.63) is 41.5 Å². The molecule has 0 nitrogen and oxygen atoms in total. The zero-order valence-corrected chi connectivity index (χ0v) is 6.46. The normalized spacial score (nSPS) is 10.6. The summed E-state index contributed by atoms with van der Waals surface area (Å²) in [5, 5.41) is 0. The molecule has 0 N–H and O–H groups in total. The molecular weight excluding hydrogens is 120 g/mol. The summed E-state index contributed by atoms with van der Waals surface area (Å²) in [6.45, 7) is 4.15. The minimum Gasteiger partial charge on any atom is -0.0871 e. The molecule has 0 fully saturated rings. The largest absolute Gasteiger partial charge is 0.0871 e. The van der Waals surface area contributed by atoms with Gasteiger partial charge in [0.15, 0.2) is 0 Å². The zero-order chi connectivity index (χ0) is 7.40. The molecule has 0 aliphatic carbocycles. The van der Waals surface area contributed by atoms with Crippen LogP contribution in [0.4, 0.5) is 0 Å². The Labute approximate surface area is 62.2 Å². The van der Waals surface area contributed by atoms with Crippen LogP contribution >= 0.6 is 0 Å². The average Bonchev–Trinajstić information content (AvgIpc) is 1.94. The number of hydrogen-bond donors (Lipinski definition) is 0. The first-order valence-corrected chi connectivity index (χ1v) is 3.53. The van der Waals surface area contributed by atoms with Crippen LogP contribution in [0.25, 0.3) is 6.08 Å². The molecule has 0 radical (unpaired) electrons. The summed E-state index contributed by atoms with van der Waals surface area (Å²) in [5.41, 5.74) is 2.64. The maximum absolute atomic E-state index is 2.12. The van der Waals surface area contributed by atoms with E-state index in [1.54, 1.807) is 0 Å². The van der Waals surface area contributed by atoms with Gasteiger partial charge in [-0.1, -0.05) is 36.4 Å². The number of hydrogen-bond acceptors (Lipinski definition) is 0. The molecule has 0 aliphatic rings. The first kappa shape index (κ1) is 7.07. The summed E-state index contributed by atoms with van der Waals surface area (Å²) in [6.07, 6.45) is 4.18. The van der Waals surface area contributed by atoms with Crippen LogP contribution in [0.15, 0.2) is 30.3 Å². The van der Waals surface area contributed by atoms with Gasteiger partial charge in [-0.15, -0.1) is 0 Å². The van der Waals surface area contributed by atoms with E-state index in [9.17, 15) is 0 Å². The van der Waals surface area contributed by atoms with Gasteiger partial charge in [-0.3, -0.25) is 0 Å². The van der Waals surface area contributed by atoms with E-state index in [1.807, 2.05) is 6.92 Å². The van der Waals surface area contributed by atoms with Crippen molar-refractivity contribution >= 4 is 6.08 Å². The van der Waals surface area contributed by atoms with E-state index in [4.69, 9.17) is 0 Å². The predicted molar refractivity (Wildman–Crippen MR) is 45.9 cm³/mol. The Hall–Kier alpha value is -1.04. The molecule has 0 aliphatic heterocycles. The van der Waals surface area contributed by atoms with Gasteiger partial charge in [0.1, 0.15) is 0 Å². The van der Waals surface area contributed by atoms with Gasteiger partial charge in [-0.05, 0) is 25.0 Å². The summed E-state index contributed by atoms with van der Waals surface area (Å²) < 4.78 is 0. The van der Waals surface area contributed by atoms with Crippen LogP contribution in [-0.2, 0) is 0 Å². The molecule has 1 aromatic carbocycles. The second-order valence-corrected chi connectivity index (χ2v) is 2.36. The van der Waals surface area contributed by atoms with Gasteiger partial charge in [0, 0.05) is 0 Å². The molecule has 10 heavy (non-hydrogen) atoms. The number of allylic oxidation sites excluding steroid dienone is 1. The van der Waals surface area contributed by atoms with Crippen molar-refractivity contribution in [1.29, 1.82) is 0 Å². The molecule has 0 bridgehead atoms. The third kappa shape index (κ3) is 1.47. The molecule has 0 spiro atoms. The summed E-state index contributed by atoms with van der Waals surface area (Å²) in [5.74, 6) is 0. The minimum absolute atomic E-state index is 1.31. The van der Waals surface area contributed by atoms with Crippen molar-refractivity contribution in [2.75, 3.05) is 0 Å². The molecule has 52 valence electrons. The lowest BCUT2D eigenvalue weighted by atomic mass is 10.1. The van der Waals surface area contributed by atoms with E-state index in [2.05, 4.69) is 43.3 Å². The van der Waals surface area contributed by atoms with E-state index >= 15 is 0 Å². The van der Waals surface area contributed by atoms with Gasteiger partial charge in [0.25, 0.3) is 0 Å². The van der Waals surface area contributed by atoms with Crippen LogP contribution in [0, 0.1) is 6.92 Å². The Morgan fingerprint density at radius 2 is 1.90 bits per heavy atom. The van der Waals surface area contributed by atoms with Crippen LogP contribution in [0.1, 0.15) is 18.1 Å². The highest BCUT2D eigenvalue weighted by atomic mass is 13.9. The Bertz CT molecular complexity index is 234. The van der Waals surface area contributed by atoms with Crippen LogP contribution in [-0.4, -0.2) is 0 Å². The minimum atomic E-state index is 1.31. The van der Waals surface area contributed by atoms with Gasteiger partial charge in [-0.25, -0.2) is 0 Å². The first-order valence-electron chi connectivity index (χ1n) is 3.53. The average molecular weight is 132 g/mol. The zero-order valence-electron chi connectivity index (χ0n) is 6.46. The molecule has 0 heterocycles. The molecular formula is C10H12. The van der Waals surface area contributed by atoms with E-state index < -0.39 is 0 Å². The summed E-state index contributed by atoms with van der Waals surface area (Å²) in [7, 11) is 0. The van der Waals surface area contributed by atoms with Crippen molar-refractivity contribution < 1.29 is 0 Å². The summed E-state index contributed by atoms with van der Waals surface area (Å²) in [6, 6.07) is 8.36. The van der Waals surface area contributed by atoms with E-state index in [1.165, 1.54) is 11.1 Å². The quantitative estimate of drug-likeness (QED) is 0.551. The Balaban J connectivity index is 3.03. The highest BCUT2D eigenvalue weighted by molar-refractivity contribution is 5.52. The highest BCUT2D eigenvalue weighted by Gasteiger charge is 1.87. The summed E-state index contributed by atoms with van der Waals surface area (Å²) in [4.78, 5) is 0. The van der Waals surface area contributed by atoms with Crippen LogP contribution in [0.5, 0.6) is 0 Å². The van der Waals surface area contributed by atoms with Crippen molar-refractivity contribution in [1.82, 2.24) is 0 Å². The molecule has 1 aromatic rings. The van der Waals surface area contributed by atoms with E-state index in [0.717, 1.165) is 0 Å². The Morgan fingerprint density at radius 1 is 1.20 bits per heavy atom. The topological polar surface area (TPSA) is 0 Å². The van der Waals surface area contributed by atoms with Crippen molar-refractivity contribution in [2.45, 2.75) is 13.8 Å². The van der Waals surface area contributed by atoms with Gasteiger partial charge >= 0.3 is 0 Å². The van der Waals surface area contributed by atoms with Gasteiger partial charge in [0.2, 0.25) is 0 Å². The second kappa shape index (κ2) is 3.21. The molecule has 0 aromatic heterocycles. The lowest BCUT2D eigenvalue weighted by molar-refractivity contribution is 1.44. The second-order valence-electron chi connectivity index (χ2n) is 2.36. The van der Waals surface area contributed by atoms with Crippen LogP contribution in [0.3, 0.4) is 0 Å². The first-order chi connectivity index (χ1) is 4.84. The maximum Gasteiger partial charge on any atom is -0.0231 e. The highest BCUT2D eigenvalue weighted by Crippen LogP contribution is 2.07. The van der Waals surface area contributed by atoms with Crippen molar-refractivity contribution in [2.24, 2.45) is 0 Å².